The van der Waals surface area contributed by atoms with Gasteiger partial charge in [-0.1, -0.05) is 54.7 Å². The molecule has 2 saturated heterocycles. The second-order valence-corrected chi connectivity index (χ2v) is 25.5. The number of phenolic OH excluding ortho intramolecular Hbond substituents is 3. The first-order valence-corrected chi connectivity index (χ1v) is 31.6. The van der Waals surface area contributed by atoms with Gasteiger partial charge in [-0.2, -0.15) is 0 Å². The number of carboxylic acids is 1. The SMILES string of the molecule is CCC[C@@H](N)C(=O)N[C@H]1C(=O)N[C@@H](CC(N)=O)C(=O)N[C@H]2C(=O)N[C@H]3C(=O)N[C@H](C(=O)N[C@H](C(=O)O)c4cc(O)cc(O)c4-c4cc3ccc4O)[C@H](O)c3ccc(c(Cl)c3)Oc3cc2cc(c3O[C@@H]2O[C@H](CO)[C@@H](O)[C@H](O)[C@H]2O[C@H]2C[C@](C)(N)[C@H](O)[C@H](C)O2)Oc2ccc(cc2Cl)[C@H]1O.Cl. The summed E-state index contributed by atoms with van der Waals surface area (Å²) in [6.07, 6.45) is -18.3. The Morgan fingerprint density at radius 2 is 1.32 bits per heavy atom. The van der Waals surface area contributed by atoms with Gasteiger partial charge in [0.1, 0.15) is 89.5 Å². The quantitative estimate of drug-likeness (QED) is 0.0783. The molecular formula is C64H72Cl3N9O24. The van der Waals surface area contributed by atoms with E-state index in [4.69, 9.17) is 68.8 Å². The highest BCUT2D eigenvalue weighted by Crippen LogP contribution is 2.50. The van der Waals surface area contributed by atoms with Gasteiger partial charge in [-0.15, -0.1) is 12.4 Å². The van der Waals surface area contributed by atoms with Crippen LogP contribution in [-0.2, 0) is 52.6 Å². The molecule has 12 rings (SSSR count). The van der Waals surface area contributed by atoms with Gasteiger partial charge in [-0.3, -0.25) is 33.6 Å². The molecule has 7 aliphatic rings. The number of primary amides is 1. The number of carbonyl (C=O) groups is 8. The number of aliphatic hydroxyl groups excluding tert-OH is 6. The number of amides is 7. The van der Waals surface area contributed by atoms with Gasteiger partial charge >= 0.3 is 5.97 Å². The molecule has 7 amide bonds. The monoisotopic (exact) mass is 1460 g/mol. The lowest BCUT2D eigenvalue weighted by molar-refractivity contribution is -0.333. The number of hydrogen-bond acceptors (Lipinski definition) is 25. The van der Waals surface area contributed by atoms with E-state index in [9.17, 15) is 75.0 Å². The fourth-order valence-corrected chi connectivity index (χ4v) is 12.6. The van der Waals surface area contributed by atoms with Gasteiger partial charge in [-0.25, -0.2) is 4.79 Å². The third-order valence-electron chi connectivity index (χ3n) is 17.3. The Hall–Kier alpha value is -8.91. The molecule has 18 atom stereocenters. The van der Waals surface area contributed by atoms with Crippen molar-refractivity contribution in [3.05, 3.63) is 117 Å². The second-order valence-electron chi connectivity index (χ2n) is 24.6. The van der Waals surface area contributed by atoms with E-state index in [1.54, 1.807) is 6.92 Å². The van der Waals surface area contributed by atoms with E-state index in [-0.39, 0.29) is 52.7 Å². The van der Waals surface area contributed by atoms with Crippen LogP contribution in [0.5, 0.6) is 46.0 Å². The van der Waals surface area contributed by atoms with E-state index in [0.717, 1.165) is 66.7 Å². The van der Waals surface area contributed by atoms with E-state index >= 15 is 14.4 Å². The molecule has 0 aromatic heterocycles. The molecule has 2 fully saturated rings. The Kier molecular flexibility index (Phi) is 23.0. The number of halogens is 3. The summed E-state index contributed by atoms with van der Waals surface area (Å²) in [5.74, 6) is -16.2. The maximum atomic E-state index is 16.0. The minimum Gasteiger partial charge on any atom is -0.508 e. The minimum absolute atomic E-state index is 0. The maximum Gasteiger partial charge on any atom is 0.330 e. The van der Waals surface area contributed by atoms with Gasteiger partial charge in [0.15, 0.2) is 29.9 Å². The first-order valence-electron chi connectivity index (χ1n) is 30.8. The molecule has 33 nitrogen and oxygen atoms in total. The fourth-order valence-electron chi connectivity index (χ4n) is 12.1. The zero-order valence-corrected chi connectivity index (χ0v) is 55.3. The van der Waals surface area contributed by atoms with Crippen LogP contribution in [0.15, 0.2) is 78.9 Å². The number of benzene rings is 5. The molecule has 0 unspecified atom stereocenters. The smallest absolute Gasteiger partial charge is 0.330 e. The molecule has 0 radical (unpaired) electrons. The minimum atomic E-state index is -2.35. The van der Waals surface area contributed by atoms with Crippen molar-refractivity contribution < 1.29 is 118 Å². The molecule has 0 aliphatic carbocycles. The van der Waals surface area contributed by atoms with Gasteiger partial charge < -0.3 is 129 Å². The lowest BCUT2D eigenvalue weighted by atomic mass is 9.86. The summed E-state index contributed by atoms with van der Waals surface area (Å²) >= 11 is 14.0. The number of hydrogen-bond donors (Lipinski definition) is 19. The first kappa shape index (κ1) is 75.3. The number of phenols is 3. The van der Waals surface area contributed by atoms with Crippen LogP contribution >= 0.6 is 35.6 Å². The number of fused-ring (bicyclic) bond motifs is 15. The van der Waals surface area contributed by atoms with Crippen molar-refractivity contribution in [3.8, 4) is 57.1 Å². The van der Waals surface area contributed by atoms with Crippen LogP contribution in [0.4, 0.5) is 0 Å². The Balaban J connectivity index is 0.0000117. The van der Waals surface area contributed by atoms with Crippen LogP contribution in [0.3, 0.4) is 0 Å². The zero-order chi connectivity index (χ0) is 72.0. The van der Waals surface area contributed by atoms with Gasteiger partial charge in [0.05, 0.1) is 41.3 Å². The third kappa shape index (κ3) is 15.7. The molecular weight excluding hydrogens is 1390 g/mol. The van der Waals surface area contributed by atoms with Gasteiger partial charge in [-0.05, 0) is 97.1 Å². The Labute approximate surface area is 583 Å². The van der Waals surface area contributed by atoms with Crippen molar-refractivity contribution in [1.29, 1.82) is 0 Å². The maximum absolute atomic E-state index is 16.0. The summed E-state index contributed by atoms with van der Waals surface area (Å²) in [5.41, 5.74) is 14.0. The number of carboxylic acid groups (broad SMARTS) is 1. The molecule has 22 N–H and O–H groups in total. The average molecular weight is 1460 g/mol. The molecule has 11 bridgehead atoms. The van der Waals surface area contributed by atoms with Crippen LogP contribution in [0.2, 0.25) is 10.0 Å². The largest absolute Gasteiger partial charge is 0.508 e. The molecule has 0 spiro atoms. The molecule has 5 aromatic carbocycles. The molecule has 7 aliphatic heterocycles. The zero-order valence-electron chi connectivity index (χ0n) is 52.9. The average Bonchev–Trinajstić information content (AvgIpc) is 0.774. The van der Waals surface area contributed by atoms with E-state index in [0.29, 0.717) is 6.42 Å². The van der Waals surface area contributed by atoms with E-state index < -0.39 is 237 Å². The van der Waals surface area contributed by atoms with E-state index in [1.807, 2.05) is 0 Å². The number of nitrogens with one attached hydrogen (secondary N) is 6. The van der Waals surface area contributed by atoms with Gasteiger partial charge in [0.2, 0.25) is 53.4 Å². The number of aliphatic carboxylic acids is 1. The van der Waals surface area contributed by atoms with Crippen LogP contribution in [0.25, 0.3) is 11.1 Å². The molecule has 36 heteroatoms. The third-order valence-corrected chi connectivity index (χ3v) is 17.9. The van der Waals surface area contributed by atoms with Crippen molar-refractivity contribution >= 4 is 82.9 Å². The van der Waals surface area contributed by atoms with Crippen LogP contribution < -0.4 is 63.3 Å². The fraction of sp³-hybridized carbons (Fsp3) is 0.406. The molecule has 7 heterocycles. The number of aliphatic hydroxyl groups is 6. The number of carbonyl (C=O) groups excluding carboxylic acids is 7. The number of ether oxygens (including phenoxy) is 6. The summed E-state index contributed by atoms with van der Waals surface area (Å²) in [4.78, 5) is 116. The van der Waals surface area contributed by atoms with Crippen LogP contribution in [0, 0.1) is 0 Å². The van der Waals surface area contributed by atoms with E-state index in [2.05, 4.69) is 31.9 Å². The normalized spacial score (nSPS) is 29.4. The lowest BCUT2D eigenvalue weighted by Crippen LogP contribution is -2.64. The highest BCUT2D eigenvalue weighted by Gasteiger charge is 2.51. The number of rotatable bonds is 12. The topological polar surface area (TPSA) is 544 Å². The Bertz CT molecular complexity index is 4020. The number of nitrogens with two attached hydrogens (primary N) is 3. The standard InChI is InChI=1S/C64H71Cl2N9O24.ClH/c1-4-5-32(67)56(86)74-47-49(81)24-7-10-36(30(65)13-24)95-38-15-26-16-39(53(38)99-63-54(52(84)51(83)40(21-76)97-63)98-42-20-64(3,69)55(85)22(2)94-42)96-37-11-8-25(14-31(37)66)50(82)48-61(91)73-46(62(92)93)29-17-27(77)18-35(79)43(29)28-12-23(6-9-34(28)78)44(58(88)75-48)72-59(89)45(26)71-57(87)33(19-41(68)80)70-60(47)90;/h6-18,22,32-33,40,42,44-52,54-55,63,76-79,81-85H,4-5,19-21,67,69H2,1-3H3,(H2,68,80)(H,70,90)(H,71,87)(H,72,89)(H,73,91)(H,74,86)(H,75,88)(H,92,93);1H/t22-,32+,33-,40+,42-,44+,45+,46-,47+,48-,49+,50+,51+,52-,54+,55+,63-,64-;/m0./s1. The highest BCUT2D eigenvalue weighted by atomic mass is 35.5. The molecule has 0 saturated carbocycles. The molecule has 100 heavy (non-hydrogen) atoms. The molecule has 5 aromatic rings. The predicted molar refractivity (Wildman–Crippen MR) is 347 cm³/mol. The summed E-state index contributed by atoms with van der Waals surface area (Å²) in [5, 5.41) is 127. The van der Waals surface area contributed by atoms with Gasteiger partial charge in [0, 0.05) is 34.7 Å². The van der Waals surface area contributed by atoms with Crippen molar-refractivity contribution in [2.45, 2.75) is 156 Å². The second kappa shape index (κ2) is 30.5. The van der Waals surface area contributed by atoms with E-state index in [1.165, 1.54) is 26.0 Å². The summed E-state index contributed by atoms with van der Waals surface area (Å²) in [6, 6.07) is -1.14. The predicted octanol–water partition coefficient (Wildman–Crippen LogP) is 0.0213. The Morgan fingerprint density at radius 1 is 0.720 bits per heavy atom. The molecule has 538 valence electrons. The summed E-state index contributed by atoms with van der Waals surface area (Å²) in [7, 11) is 0. The lowest BCUT2D eigenvalue weighted by Gasteiger charge is -2.47. The summed E-state index contributed by atoms with van der Waals surface area (Å²) < 4.78 is 38.2. The highest BCUT2D eigenvalue weighted by molar-refractivity contribution is 6.32. The Morgan fingerprint density at radius 3 is 1.91 bits per heavy atom. The first-order chi connectivity index (χ1) is 46.8. The summed E-state index contributed by atoms with van der Waals surface area (Å²) in [6.45, 7) is 3.73. The van der Waals surface area contributed by atoms with Crippen molar-refractivity contribution in [3.63, 3.8) is 0 Å². The van der Waals surface area contributed by atoms with Crippen molar-refractivity contribution in [2.24, 2.45) is 17.2 Å². The van der Waals surface area contributed by atoms with Crippen LogP contribution in [0.1, 0.15) is 105 Å². The van der Waals surface area contributed by atoms with Crippen LogP contribution in [-0.4, -0.2) is 184 Å². The van der Waals surface area contributed by atoms with Crippen molar-refractivity contribution in [2.75, 3.05) is 6.61 Å². The van der Waals surface area contributed by atoms with Gasteiger partial charge in [0.25, 0.3) is 0 Å². The number of aromatic hydroxyl groups is 3. The van der Waals surface area contributed by atoms with Crippen molar-refractivity contribution in [1.82, 2.24) is 31.9 Å².